The quantitative estimate of drug-likeness (QED) is 0.642. The second kappa shape index (κ2) is 2.81. The fraction of sp³-hybridized carbons (Fsp3) is 0.667. The van der Waals surface area contributed by atoms with Crippen molar-refractivity contribution in [2.24, 2.45) is 0 Å². The molecule has 1 heterocycles. The molecule has 0 saturated carbocycles. The van der Waals surface area contributed by atoms with Crippen LogP contribution >= 0.6 is 11.6 Å². The fourth-order valence-corrected chi connectivity index (χ4v) is 1.43. The minimum Gasteiger partial charge on any atom is -0.321 e. The Bertz CT molecular complexity index is 223. The van der Waals surface area contributed by atoms with Crippen molar-refractivity contribution in [1.82, 2.24) is 10.4 Å². The van der Waals surface area contributed by atoms with Crippen LogP contribution in [0.3, 0.4) is 0 Å². The molecule has 1 N–H and O–H groups in total. The van der Waals surface area contributed by atoms with E-state index in [2.05, 4.69) is 5.43 Å². The predicted molar refractivity (Wildman–Crippen MR) is 39.3 cm³/mol. The second-order valence-corrected chi connectivity index (χ2v) is 3.05. The van der Waals surface area contributed by atoms with Crippen LogP contribution in [0.5, 0.6) is 0 Å². The van der Waals surface area contributed by atoms with Crippen LogP contribution in [0.15, 0.2) is 10.7 Å². The molecule has 1 aliphatic rings. The minimum absolute atomic E-state index is 0.190. The van der Waals surface area contributed by atoms with Crippen LogP contribution in [-0.2, 0) is 0 Å². The molecule has 2 nitrogen and oxygen atoms in total. The molecular formula is C6H8ClF3N2. The first-order chi connectivity index (χ1) is 5.34. The third-order valence-corrected chi connectivity index (χ3v) is 2.13. The van der Waals surface area contributed by atoms with Crippen LogP contribution < -0.4 is 5.43 Å². The van der Waals surface area contributed by atoms with E-state index in [0.717, 1.165) is 5.01 Å². The number of alkyl halides is 3. The summed E-state index contributed by atoms with van der Waals surface area (Å²) in [4.78, 5) is 0. The summed E-state index contributed by atoms with van der Waals surface area (Å²) >= 11 is 5.46. The minimum atomic E-state index is -4.32. The molecule has 0 saturated heterocycles. The molecule has 0 bridgehead atoms. The maximum atomic E-state index is 12.2. The molecule has 0 amide bonds. The lowest BCUT2D eigenvalue weighted by molar-refractivity contribution is -0.169. The maximum absolute atomic E-state index is 12.2. The molecule has 0 fully saturated rings. The van der Waals surface area contributed by atoms with Gasteiger partial charge in [-0.2, -0.15) is 13.2 Å². The molecule has 0 aliphatic carbocycles. The molecule has 0 aromatic rings. The molecule has 0 spiro atoms. The van der Waals surface area contributed by atoms with Crippen molar-refractivity contribution in [2.75, 3.05) is 7.05 Å². The Morgan fingerprint density at radius 1 is 1.50 bits per heavy atom. The zero-order chi connectivity index (χ0) is 9.52. The van der Waals surface area contributed by atoms with Gasteiger partial charge in [0.15, 0.2) is 6.04 Å². The number of hydrazine groups is 1. The topological polar surface area (TPSA) is 15.3 Å². The van der Waals surface area contributed by atoms with Crippen molar-refractivity contribution >= 4 is 11.6 Å². The molecule has 0 radical (unpaired) electrons. The molecule has 6 heteroatoms. The first-order valence-corrected chi connectivity index (χ1v) is 3.64. The lowest BCUT2D eigenvalue weighted by Gasteiger charge is -2.22. The Labute approximate surface area is 72.9 Å². The smallest absolute Gasteiger partial charge is 0.321 e. The lowest BCUT2D eigenvalue weighted by atomic mass is 10.2. The van der Waals surface area contributed by atoms with Gasteiger partial charge in [-0.15, -0.1) is 0 Å². The number of likely N-dealkylation sites (N-methyl/N-ethyl adjacent to an activating group) is 1. The van der Waals surface area contributed by atoms with E-state index in [1.165, 1.54) is 14.0 Å². The summed E-state index contributed by atoms with van der Waals surface area (Å²) in [7, 11) is 1.30. The normalized spacial score (nSPS) is 26.3. The Hall–Kier alpha value is -0.420. The number of rotatable bonds is 0. The van der Waals surface area contributed by atoms with Crippen molar-refractivity contribution in [3.63, 3.8) is 0 Å². The third kappa shape index (κ3) is 1.51. The monoisotopic (exact) mass is 200 g/mol. The van der Waals surface area contributed by atoms with Crippen molar-refractivity contribution in [1.29, 1.82) is 0 Å². The number of hydrogen-bond acceptors (Lipinski definition) is 2. The second-order valence-electron chi connectivity index (χ2n) is 2.64. The van der Waals surface area contributed by atoms with Crippen molar-refractivity contribution < 1.29 is 13.2 Å². The number of hydrogen-bond donors (Lipinski definition) is 1. The van der Waals surface area contributed by atoms with E-state index in [1.807, 2.05) is 0 Å². The average Bonchev–Trinajstić information content (AvgIpc) is 2.05. The van der Waals surface area contributed by atoms with Gasteiger partial charge in [-0.05, 0) is 6.92 Å². The van der Waals surface area contributed by atoms with Crippen LogP contribution in [0.1, 0.15) is 6.92 Å². The van der Waals surface area contributed by atoms with E-state index < -0.39 is 12.2 Å². The van der Waals surface area contributed by atoms with Crippen molar-refractivity contribution in [3.8, 4) is 0 Å². The fourth-order valence-electron chi connectivity index (χ4n) is 1.12. The Morgan fingerprint density at radius 3 is 2.17 bits per heavy atom. The van der Waals surface area contributed by atoms with Crippen LogP contribution in [-0.4, -0.2) is 24.3 Å². The predicted octanol–water partition coefficient (Wildman–Crippen LogP) is 1.84. The number of allylic oxidation sites excluding steroid dienone is 1. The van der Waals surface area contributed by atoms with E-state index in [4.69, 9.17) is 11.6 Å². The average molecular weight is 201 g/mol. The summed E-state index contributed by atoms with van der Waals surface area (Å²) in [5.41, 5.74) is 2.83. The number of nitrogens with one attached hydrogen (secondary N) is 1. The van der Waals surface area contributed by atoms with Gasteiger partial charge in [0, 0.05) is 12.7 Å². The highest BCUT2D eigenvalue weighted by atomic mass is 35.5. The van der Waals surface area contributed by atoms with Gasteiger partial charge in [0.25, 0.3) is 0 Å². The Kier molecular flexibility index (Phi) is 2.27. The molecule has 1 unspecified atom stereocenters. The molecule has 12 heavy (non-hydrogen) atoms. The van der Waals surface area contributed by atoms with E-state index in [0.29, 0.717) is 5.70 Å². The first kappa shape index (κ1) is 9.67. The maximum Gasteiger partial charge on any atom is 0.410 e. The van der Waals surface area contributed by atoms with Crippen LogP contribution in [0.2, 0.25) is 0 Å². The summed E-state index contributed by atoms with van der Waals surface area (Å²) in [6, 6.07) is -1.71. The summed E-state index contributed by atoms with van der Waals surface area (Å²) in [6.07, 6.45) is -4.32. The summed E-state index contributed by atoms with van der Waals surface area (Å²) in [6.45, 7) is 1.50. The Morgan fingerprint density at radius 2 is 2.00 bits per heavy atom. The van der Waals surface area contributed by atoms with Crippen LogP contribution in [0.4, 0.5) is 13.2 Å². The van der Waals surface area contributed by atoms with Crippen molar-refractivity contribution in [2.45, 2.75) is 19.1 Å². The summed E-state index contributed by atoms with van der Waals surface area (Å²) in [5.74, 6) is 0. The van der Waals surface area contributed by atoms with Gasteiger partial charge in [-0.3, -0.25) is 0 Å². The van der Waals surface area contributed by atoms with E-state index in [-0.39, 0.29) is 5.03 Å². The zero-order valence-electron chi connectivity index (χ0n) is 6.54. The summed E-state index contributed by atoms with van der Waals surface area (Å²) < 4.78 is 36.7. The summed E-state index contributed by atoms with van der Waals surface area (Å²) in [5, 5.41) is 0.752. The van der Waals surface area contributed by atoms with Crippen LogP contribution in [0, 0.1) is 0 Å². The first-order valence-electron chi connectivity index (χ1n) is 3.26. The van der Waals surface area contributed by atoms with E-state index in [9.17, 15) is 13.2 Å². The molecular weight excluding hydrogens is 193 g/mol. The van der Waals surface area contributed by atoms with Crippen LogP contribution in [0.25, 0.3) is 0 Å². The highest BCUT2D eigenvalue weighted by Crippen LogP contribution is 2.35. The van der Waals surface area contributed by atoms with Gasteiger partial charge >= 0.3 is 6.18 Å². The molecule has 0 aromatic heterocycles. The molecule has 70 valence electrons. The van der Waals surface area contributed by atoms with Gasteiger partial charge in [-0.25, -0.2) is 5.01 Å². The zero-order valence-corrected chi connectivity index (χ0v) is 7.29. The molecule has 1 atom stereocenters. The largest absolute Gasteiger partial charge is 0.410 e. The van der Waals surface area contributed by atoms with E-state index >= 15 is 0 Å². The van der Waals surface area contributed by atoms with Gasteiger partial charge in [0.05, 0.1) is 5.03 Å². The van der Waals surface area contributed by atoms with Crippen molar-refractivity contribution in [3.05, 3.63) is 10.7 Å². The van der Waals surface area contributed by atoms with E-state index in [1.54, 1.807) is 0 Å². The third-order valence-electron chi connectivity index (χ3n) is 1.64. The van der Waals surface area contributed by atoms with Gasteiger partial charge in [-0.1, -0.05) is 11.6 Å². The molecule has 1 aliphatic heterocycles. The van der Waals surface area contributed by atoms with Gasteiger partial charge in [0.2, 0.25) is 0 Å². The highest BCUT2D eigenvalue weighted by Gasteiger charge is 2.48. The van der Waals surface area contributed by atoms with Gasteiger partial charge in [0.1, 0.15) is 0 Å². The number of halogens is 4. The number of nitrogens with zero attached hydrogens (tertiary/aromatic N) is 1. The highest BCUT2D eigenvalue weighted by molar-refractivity contribution is 6.30. The lowest BCUT2D eigenvalue weighted by Crippen LogP contribution is -2.44. The SMILES string of the molecule is CC1=C(Cl)C(C(F)(F)F)N(C)N1. The molecule has 0 aromatic carbocycles. The Balaban J connectivity index is 2.91. The molecule has 1 rings (SSSR count). The van der Waals surface area contributed by atoms with Gasteiger partial charge < -0.3 is 5.43 Å². The standard InChI is InChI=1S/C6H8ClF3N2/c1-3-4(7)5(6(8,9)10)12(2)11-3/h5,11H,1-2H3.